The third-order valence-corrected chi connectivity index (χ3v) is 2.31. The third-order valence-electron chi connectivity index (χ3n) is 2.06. The van der Waals surface area contributed by atoms with Crippen LogP contribution in [0.5, 0.6) is 0 Å². The van der Waals surface area contributed by atoms with E-state index in [1.807, 2.05) is 0 Å². The molecule has 0 spiro atoms. The van der Waals surface area contributed by atoms with E-state index < -0.39 is 0 Å². The smallest absolute Gasteiger partial charge is 0.252 e. The fourth-order valence-electron chi connectivity index (χ4n) is 1.34. The summed E-state index contributed by atoms with van der Waals surface area (Å²) in [6.07, 6.45) is 1.70. The average Bonchev–Trinajstić information content (AvgIpc) is 2.29. The number of aromatic amines is 1. The molecule has 2 N–H and O–H groups in total. The summed E-state index contributed by atoms with van der Waals surface area (Å²) in [5, 5.41) is 11.4. The zero-order chi connectivity index (χ0) is 12.3. The van der Waals surface area contributed by atoms with E-state index in [2.05, 4.69) is 15.3 Å². The van der Waals surface area contributed by atoms with E-state index in [9.17, 15) is 4.79 Å². The number of rotatable bonds is 2. The molecule has 0 aliphatic heterocycles. The molecule has 0 fully saturated rings. The van der Waals surface area contributed by atoms with Crippen molar-refractivity contribution in [2.45, 2.75) is 0 Å². The van der Waals surface area contributed by atoms with E-state index in [4.69, 9.17) is 16.9 Å². The van der Waals surface area contributed by atoms with Gasteiger partial charge in [-0.15, -0.1) is 0 Å². The molecule has 2 rings (SSSR count). The minimum atomic E-state index is -0.331. The van der Waals surface area contributed by atoms with Gasteiger partial charge in [-0.05, 0) is 12.1 Å². The number of H-pyrrole nitrogens is 1. The molecule has 84 valence electrons. The topological polar surface area (TPSA) is 81.6 Å². The van der Waals surface area contributed by atoms with Crippen molar-refractivity contribution in [3.8, 4) is 17.5 Å². The summed E-state index contributed by atoms with van der Waals surface area (Å²) in [7, 11) is 0. The van der Waals surface area contributed by atoms with Crippen molar-refractivity contribution in [1.82, 2.24) is 9.97 Å². The van der Waals surface area contributed by atoms with E-state index >= 15 is 0 Å². The lowest BCUT2D eigenvalue weighted by atomic mass is 10.1. The van der Waals surface area contributed by atoms with Crippen LogP contribution >= 0.6 is 11.6 Å². The number of aromatic nitrogens is 2. The van der Waals surface area contributed by atoms with Gasteiger partial charge in [0.05, 0.1) is 5.69 Å². The molecule has 0 bridgehead atoms. The first-order chi connectivity index (χ1) is 8.19. The summed E-state index contributed by atoms with van der Waals surface area (Å²) in [5.41, 5.74) is 0.896. The quantitative estimate of drug-likeness (QED) is 0.627. The molecule has 0 aliphatic carbocycles. The maximum atomic E-state index is 11.4. The number of halogens is 1. The Morgan fingerprint density at radius 3 is 2.71 bits per heavy atom. The molecule has 0 atom stereocenters. The number of nitriles is 1. The lowest BCUT2D eigenvalue weighted by Crippen LogP contribution is -2.10. The van der Waals surface area contributed by atoms with Crippen LogP contribution in [0, 0.1) is 11.5 Å². The SMILES string of the molecule is N#CNc1nc(-c2ccc(Cl)cc2)cc(=O)[nH]1. The molecule has 0 saturated heterocycles. The molecule has 6 heteroatoms. The normalized spacial score (nSPS) is 9.65. The molecule has 17 heavy (non-hydrogen) atoms. The van der Waals surface area contributed by atoms with Gasteiger partial charge in [-0.25, -0.2) is 4.98 Å². The van der Waals surface area contributed by atoms with E-state index in [-0.39, 0.29) is 11.5 Å². The first-order valence-corrected chi connectivity index (χ1v) is 5.09. The number of anilines is 1. The Kier molecular flexibility index (Phi) is 3.08. The van der Waals surface area contributed by atoms with Crippen LogP contribution in [-0.2, 0) is 0 Å². The van der Waals surface area contributed by atoms with Crippen molar-refractivity contribution in [2.75, 3.05) is 5.32 Å². The maximum Gasteiger partial charge on any atom is 0.252 e. The highest BCUT2D eigenvalue weighted by molar-refractivity contribution is 6.30. The summed E-state index contributed by atoms with van der Waals surface area (Å²) < 4.78 is 0. The second-order valence-electron chi connectivity index (χ2n) is 3.22. The highest BCUT2D eigenvalue weighted by Gasteiger charge is 2.03. The third kappa shape index (κ3) is 2.62. The van der Waals surface area contributed by atoms with Crippen LogP contribution < -0.4 is 10.9 Å². The summed E-state index contributed by atoms with van der Waals surface area (Å²) in [5.74, 6) is 0.116. The van der Waals surface area contributed by atoms with Gasteiger partial charge < -0.3 is 0 Å². The molecular formula is C11H7ClN4O. The average molecular weight is 247 g/mol. The molecule has 0 amide bonds. The van der Waals surface area contributed by atoms with Gasteiger partial charge in [-0.3, -0.25) is 15.1 Å². The van der Waals surface area contributed by atoms with Gasteiger partial charge in [-0.1, -0.05) is 23.7 Å². The first kappa shape index (κ1) is 11.2. The molecule has 0 saturated carbocycles. The summed E-state index contributed by atoms with van der Waals surface area (Å²) in [6.45, 7) is 0. The Hall–Kier alpha value is -2.32. The van der Waals surface area contributed by atoms with Crippen LogP contribution in [0.2, 0.25) is 5.02 Å². The van der Waals surface area contributed by atoms with Crippen molar-refractivity contribution < 1.29 is 0 Å². The van der Waals surface area contributed by atoms with Gasteiger partial charge in [0.1, 0.15) is 0 Å². The molecule has 0 unspecified atom stereocenters. The minimum absolute atomic E-state index is 0.116. The second kappa shape index (κ2) is 4.68. The monoisotopic (exact) mass is 246 g/mol. The minimum Gasteiger partial charge on any atom is -0.292 e. The molecule has 0 aliphatic rings. The number of nitrogens with one attached hydrogen (secondary N) is 2. The lowest BCUT2D eigenvalue weighted by molar-refractivity contribution is 1.13. The largest absolute Gasteiger partial charge is 0.292 e. The van der Waals surface area contributed by atoms with Gasteiger partial charge in [-0.2, -0.15) is 5.26 Å². The van der Waals surface area contributed by atoms with Crippen LogP contribution in [0.15, 0.2) is 35.1 Å². The van der Waals surface area contributed by atoms with Crippen LogP contribution in [0.25, 0.3) is 11.3 Å². The second-order valence-corrected chi connectivity index (χ2v) is 3.66. The molecular weight excluding hydrogens is 240 g/mol. The Morgan fingerprint density at radius 1 is 1.35 bits per heavy atom. The predicted octanol–water partition coefficient (Wildman–Crippen LogP) is 1.98. The Morgan fingerprint density at radius 2 is 2.06 bits per heavy atom. The Labute approximate surface area is 102 Å². The number of nitrogens with zero attached hydrogens (tertiary/aromatic N) is 2. The van der Waals surface area contributed by atoms with Gasteiger partial charge in [0.15, 0.2) is 6.19 Å². The predicted molar refractivity (Wildman–Crippen MR) is 64.5 cm³/mol. The molecule has 1 aromatic carbocycles. The van der Waals surface area contributed by atoms with Crippen molar-refractivity contribution in [1.29, 1.82) is 5.26 Å². The standard InChI is InChI=1S/C11H7ClN4O/c12-8-3-1-7(2-4-8)9-5-10(17)16-11(15-9)14-6-13/h1-5H,(H2,14,15,16,17). The van der Waals surface area contributed by atoms with Gasteiger partial charge in [0, 0.05) is 16.7 Å². The van der Waals surface area contributed by atoms with Crippen molar-refractivity contribution in [3.63, 3.8) is 0 Å². The van der Waals surface area contributed by atoms with Gasteiger partial charge in [0.25, 0.3) is 5.56 Å². The summed E-state index contributed by atoms with van der Waals surface area (Å²) in [4.78, 5) is 17.8. The first-order valence-electron chi connectivity index (χ1n) is 4.71. The zero-order valence-corrected chi connectivity index (χ0v) is 9.32. The number of benzene rings is 1. The van der Waals surface area contributed by atoms with Crippen LogP contribution in [0.1, 0.15) is 0 Å². The van der Waals surface area contributed by atoms with Gasteiger partial charge >= 0.3 is 0 Å². The number of hydrogen-bond donors (Lipinski definition) is 2. The van der Waals surface area contributed by atoms with E-state index in [1.165, 1.54) is 6.07 Å². The molecule has 1 aromatic heterocycles. The fraction of sp³-hybridized carbons (Fsp3) is 0. The highest BCUT2D eigenvalue weighted by atomic mass is 35.5. The Bertz CT molecular complexity index is 627. The summed E-state index contributed by atoms with van der Waals surface area (Å²) >= 11 is 5.77. The zero-order valence-electron chi connectivity index (χ0n) is 8.57. The van der Waals surface area contributed by atoms with Crippen LogP contribution in [-0.4, -0.2) is 9.97 Å². The summed E-state index contributed by atoms with van der Waals surface area (Å²) in [6, 6.07) is 8.26. The number of hydrogen-bond acceptors (Lipinski definition) is 4. The Balaban J connectivity index is 2.49. The van der Waals surface area contributed by atoms with E-state index in [1.54, 1.807) is 30.5 Å². The lowest BCUT2D eigenvalue weighted by Gasteiger charge is -2.02. The molecule has 0 radical (unpaired) electrons. The van der Waals surface area contributed by atoms with Crippen molar-refractivity contribution in [3.05, 3.63) is 45.7 Å². The van der Waals surface area contributed by atoms with Gasteiger partial charge in [0.2, 0.25) is 5.95 Å². The molecule has 5 nitrogen and oxygen atoms in total. The van der Waals surface area contributed by atoms with Crippen molar-refractivity contribution >= 4 is 17.5 Å². The fourth-order valence-corrected chi connectivity index (χ4v) is 1.46. The highest BCUT2D eigenvalue weighted by Crippen LogP contribution is 2.18. The van der Waals surface area contributed by atoms with E-state index in [0.29, 0.717) is 10.7 Å². The molecule has 2 aromatic rings. The molecule has 1 heterocycles. The van der Waals surface area contributed by atoms with E-state index in [0.717, 1.165) is 5.56 Å². The van der Waals surface area contributed by atoms with Crippen LogP contribution in [0.4, 0.5) is 5.95 Å². The van der Waals surface area contributed by atoms with Crippen molar-refractivity contribution in [2.24, 2.45) is 0 Å². The van der Waals surface area contributed by atoms with Crippen LogP contribution in [0.3, 0.4) is 0 Å². The maximum absolute atomic E-state index is 11.4.